The van der Waals surface area contributed by atoms with Crippen LogP contribution in [0, 0.1) is 0 Å². The zero-order valence-corrected chi connectivity index (χ0v) is 8.64. The molecule has 0 rings (SSSR count). The number of nitrogens with one attached hydrogen (secondary N) is 3. The van der Waals surface area contributed by atoms with Gasteiger partial charge in [-0.15, -0.1) is 0 Å². The molecule has 0 aliphatic rings. The normalized spacial score (nSPS) is 11.2. The summed E-state index contributed by atoms with van der Waals surface area (Å²) in [6.45, 7) is 7.97. The summed E-state index contributed by atoms with van der Waals surface area (Å²) in [4.78, 5) is 0. The van der Waals surface area contributed by atoms with Gasteiger partial charge >= 0.3 is 0 Å². The summed E-state index contributed by atoms with van der Waals surface area (Å²) >= 11 is 0. The molecule has 3 heteroatoms. The number of hydrogen-bond donors (Lipinski definition) is 3. The highest BCUT2D eigenvalue weighted by Gasteiger charge is 1.83. The van der Waals surface area contributed by atoms with Gasteiger partial charge in [0.25, 0.3) is 0 Å². The van der Waals surface area contributed by atoms with Gasteiger partial charge in [0, 0.05) is 26.2 Å². The quantitative estimate of drug-likeness (QED) is 0.488. The maximum atomic E-state index is 3.31. The Morgan fingerprint density at radius 3 is 1.62 bits per heavy atom. The maximum absolute atomic E-state index is 3.31. The zero-order valence-electron chi connectivity index (χ0n) is 8.64. The van der Waals surface area contributed by atoms with Gasteiger partial charge in [-0.2, -0.15) is 0 Å². The van der Waals surface area contributed by atoms with Crippen molar-refractivity contribution in [3.8, 4) is 0 Å². The summed E-state index contributed by atoms with van der Waals surface area (Å²) in [7, 11) is 0. The first-order chi connectivity index (χ1) is 6.41. The van der Waals surface area contributed by atoms with Gasteiger partial charge in [0.05, 0.1) is 0 Å². The molecule has 13 heavy (non-hydrogen) atoms. The molecule has 76 valence electrons. The van der Waals surface area contributed by atoms with Crippen LogP contribution >= 0.6 is 0 Å². The first kappa shape index (κ1) is 12.0. The second kappa shape index (κ2) is 11.0. The fourth-order valence-corrected chi connectivity index (χ4v) is 0.848. The third-order valence-electron chi connectivity index (χ3n) is 1.46. The van der Waals surface area contributed by atoms with Crippen molar-refractivity contribution in [3.63, 3.8) is 0 Å². The van der Waals surface area contributed by atoms with Crippen LogP contribution < -0.4 is 16.0 Å². The van der Waals surface area contributed by atoms with Crippen LogP contribution in [0.15, 0.2) is 24.6 Å². The highest BCUT2D eigenvalue weighted by molar-refractivity contribution is 4.75. The average Bonchev–Trinajstić information content (AvgIpc) is 2.16. The summed E-state index contributed by atoms with van der Waals surface area (Å²) in [5.41, 5.74) is 0. The molecular formula is C10H21N3. The van der Waals surface area contributed by atoms with Gasteiger partial charge in [0.2, 0.25) is 0 Å². The van der Waals surface area contributed by atoms with E-state index in [4.69, 9.17) is 0 Å². The Morgan fingerprint density at radius 2 is 1.23 bits per heavy atom. The van der Waals surface area contributed by atoms with Crippen LogP contribution in [0.4, 0.5) is 0 Å². The molecule has 0 saturated heterocycles. The van der Waals surface area contributed by atoms with Crippen molar-refractivity contribution < 1.29 is 0 Å². The van der Waals surface area contributed by atoms with Crippen LogP contribution in [0.5, 0.6) is 0 Å². The lowest BCUT2D eigenvalue weighted by Gasteiger charge is -2.04. The number of rotatable bonds is 8. The Morgan fingerprint density at radius 1 is 0.769 bits per heavy atom. The lowest BCUT2D eigenvalue weighted by molar-refractivity contribution is 0.643. The molecule has 0 heterocycles. The summed E-state index contributed by atoms with van der Waals surface area (Å²) in [5.74, 6) is 0. The van der Waals surface area contributed by atoms with Gasteiger partial charge < -0.3 is 16.0 Å². The highest BCUT2D eigenvalue weighted by atomic mass is 15.0. The molecule has 0 radical (unpaired) electrons. The van der Waals surface area contributed by atoms with Crippen molar-refractivity contribution >= 4 is 0 Å². The standard InChI is InChI=1S/C10H21N3/c1-3-5-11-7-9-13-10-8-12-6-4-2/h3-6,11-13H,7-10H2,1-2H3/b5-3+,6-4+. The predicted molar refractivity (Wildman–Crippen MR) is 58.5 cm³/mol. The summed E-state index contributed by atoms with van der Waals surface area (Å²) in [6.07, 6.45) is 7.90. The van der Waals surface area contributed by atoms with Crippen LogP contribution in [0.2, 0.25) is 0 Å². The maximum Gasteiger partial charge on any atom is 0.0266 e. The lowest BCUT2D eigenvalue weighted by Crippen LogP contribution is -2.29. The Bertz CT molecular complexity index is 125. The first-order valence-electron chi connectivity index (χ1n) is 4.81. The molecule has 0 amide bonds. The molecule has 0 aromatic heterocycles. The van der Waals surface area contributed by atoms with Crippen molar-refractivity contribution in [1.29, 1.82) is 0 Å². The minimum Gasteiger partial charge on any atom is -0.390 e. The van der Waals surface area contributed by atoms with Crippen LogP contribution in [0.3, 0.4) is 0 Å². The van der Waals surface area contributed by atoms with E-state index in [-0.39, 0.29) is 0 Å². The Hall–Kier alpha value is -0.960. The Labute approximate surface area is 81.3 Å². The molecule has 0 spiro atoms. The molecule has 0 aromatic rings. The molecular weight excluding hydrogens is 162 g/mol. The summed E-state index contributed by atoms with van der Waals surface area (Å²) in [6, 6.07) is 0. The second-order valence-corrected chi connectivity index (χ2v) is 2.66. The van der Waals surface area contributed by atoms with Crippen molar-refractivity contribution in [1.82, 2.24) is 16.0 Å². The monoisotopic (exact) mass is 183 g/mol. The van der Waals surface area contributed by atoms with E-state index in [9.17, 15) is 0 Å². The van der Waals surface area contributed by atoms with Crippen LogP contribution in [0.25, 0.3) is 0 Å². The van der Waals surface area contributed by atoms with Crippen molar-refractivity contribution in [2.45, 2.75) is 13.8 Å². The van der Waals surface area contributed by atoms with E-state index in [1.165, 1.54) is 0 Å². The zero-order chi connectivity index (χ0) is 9.78. The van der Waals surface area contributed by atoms with Crippen LogP contribution in [0.1, 0.15) is 13.8 Å². The van der Waals surface area contributed by atoms with E-state index in [1.54, 1.807) is 0 Å². The molecule has 0 atom stereocenters. The molecule has 0 fully saturated rings. The minimum absolute atomic E-state index is 0.980. The Kier molecular flexibility index (Phi) is 10.2. The van der Waals surface area contributed by atoms with Crippen molar-refractivity contribution in [3.05, 3.63) is 24.6 Å². The van der Waals surface area contributed by atoms with E-state index in [2.05, 4.69) is 16.0 Å². The smallest absolute Gasteiger partial charge is 0.0266 e. The summed E-state index contributed by atoms with van der Waals surface area (Å²) in [5, 5.41) is 9.63. The van der Waals surface area contributed by atoms with Crippen LogP contribution in [-0.4, -0.2) is 26.2 Å². The summed E-state index contributed by atoms with van der Waals surface area (Å²) < 4.78 is 0. The molecule has 0 bridgehead atoms. The third kappa shape index (κ3) is 11.0. The van der Waals surface area contributed by atoms with Gasteiger partial charge in [0.1, 0.15) is 0 Å². The SMILES string of the molecule is C/C=C/NCCNCCN/C=C/C. The molecule has 0 aliphatic carbocycles. The lowest BCUT2D eigenvalue weighted by atomic mass is 10.5. The van der Waals surface area contributed by atoms with Gasteiger partial charge in [-0.3, -0.25) is 0 Å². The fraction of sp³-hybridized carbons (Fsp3) is 0.600. The van der Waals surface area contributed by atoms with Crippen molar-refractivity contribution in [2.75, 3.05) is 26.2 Å². The third-order valence-corrected chi connectivity index (χ3v) is 1.46. The second-order valence-electron chi connectivity index (χ2n) is 2.66. The number of allylic oxidation sites excluding steroid dienone is 2. The van der Waals surface area contributed by atoms with Gasteiger partial charge in [0.15, 0.2) is 0 Å². The van der Waals surface area contributed by atoms with Gasteiger partial charge in [-0.25, -0.2) is 0 Å². The molecule has 0 unspecified atom stereocenters. The number of hydrogen-bond acceptors (Lipinski definition) is 3. The topological polar surface area (TPSA) is 36.1 Å². The van der Waals surface area contributed by atoms with Crippen molar-refractivity contribution in [2.24, 2.45) is 0 Å². The highest BCUT2D eigenvalue weighted by Crippen LogP contribution is 1.65. The molecule has 0 aromatic carbocycles. The first-order valence-corrected chi connectivity index (χ1v) is 4.81. The van der Waals surface area contributed by atoms with Gasteiger partial charge in [-0.05, 0) is 26.2 Å². The Balaban J connectivity index is 2.91. The predicted octanol–water partition coefficient (Wildman–Crippen LogP) is 0.822. The molecule has 0 aliphatic heterocycles. The molecule has 3 N–H and O–H groups in total. The minimum atomic E-state index is 0.980. The van der Waals surface area contributed by atoms with E-state index < -0.39 is 0 Å². The largest absolute Gasteiger partial charge is 0.390 e. The van der Waals surface area contributed by atoms with Gasteiger partial charge in [-0.1, -0.05) is 12.2 Å². The van der Waals surface area contributed by atoms with E-state index >= 15 is 0 Å². The van der Waals surface area contributed by atoms with Crippen LogP contribution in [-0.2, 0) is 0 Å². The van der Waals surface area contributed by atoms with E-state index in [0.29, 0.717) is 0 Å². The molecule has 3 nitrogen and oxygen atoms in total. The fourth-order valence-electron chi connectivity index (χ4n) is 0.848. The van der Waals surface area contributed by atoms with E-state index in [1.807, 2.05) is 38.4 Å². The average molecular weight is 183 g/mol. The molecule has 0 saturated carbocycles. The van der Waals surface area contributed by atoms with E-state index in [0.717, 1.165) is 26.2 Å².